The van der Waals surface area contributed by atoms with E-state index in [0.29, 0.717) is 6.04 Å². The van der Waals surface area contributed by atoms with E-state index in [2.05, 4.69) is 39.8 Å². The standard InChI is InChI=1S/C14H16N4S/c1-11(15-5-7-18-6-2-4-17-18)12-9-14-13(16-10-12)3-8-19-14/h2-4,6,8-11,15H,5,7H2,1H3. The van der Waals surface area contributed by atoms with E-state index < -0.39 is 0 Å². The van der Waals surface area contributed by atoms with Gasteiger partial charge in [-0.05, 0) is 36.1 Å². The molecule has 0 saturated carbocycles. The molecule has 1 atom stereocenters. The van der Waals surface area contributed by atoms with Crippen molar-refractivity contribution in [1.29, 1.82) is 0 Å². The van der Waals surface area contributed by atoms with E-state index in [1.54, 1.807) is 17.5 Å². The molecule has 1 N–H and O–H groups in total. The topological polar surface area (TPSA) is 42.7 Å². The van der Waals surface area contributed by atoms with Crippen molar-refractivity contribution in [3.05, 3.63) is 47.7 Å². The van der Waals surface area contributed by atoms with Crippen LogP contribution >= 0.6 is 11.3 Å². The predicted octanol–water partition coefficient (Wildman–Crippen LogP) is 2.84. The number of nitrogens with one attached hydrogen (secondary N) is 1. The molecule has 0 saturated heterocycles. The Morgan fingerprint density at radius 1 is 1.47 bits per heavy atom. The molecule has 0 aliphatic heterocycles. The monoisotopic (exact) mass is 272 g/mol. The number of hydrogen-bond donors (Lipinski definition) is 1. The number of pyridine rings is 1. The second kappa shape index (κ2) is 5.50. The highest BCUT2D eigenvalue weighted by Crippen LogP contribution is 2.22. The predicted molar refractivity (Wildman–Crippen MR) is 78.3 cm³/mol. The minimum absolute atomic E-state index is 0.301. The molecule has 0 aromatic carbocycles. The smallest absolute Gasteiger partial charge is 0.0809 e. The number of rotatable bonds is 5. The fourth-order valence-corrected chi connectivity index (χ4v) is 2.83. The van der Waals surface area contributed by atoms with Crippen molar-refractivity contribution in [2.24, 2.45) is 0 Å². The number of hydrogen-bond acceptors (Lipinski definition) is 4. The lowest BCUT2D eigenvalue weighted by Crippen LogP contribution is -2.23. The molecule has 19 heavy (non-hydrogen) atoms. The van der Waals surface area contributed by atoms with Gasteiger partial charge in [0.1, 0.15) is 0 Å². The zero-order valence-electron chi connectivity index (χ0n) is 10.8. The van der Waals surface area contributed by atoms with Crippen LogP contribution in [0, 0.1) is 0 Å². The van der Waals surface area contributed by atoms with Crippen LogP contribution in [-0.4, -0.2) is 21.3 Å². The largest absolute Gasteiger partial charge is 0.308 e. The highest BCUT2D eigenvalue weighted by molar-refractivity contribution is 7.17. The molecule has 0 spiro atoms. The third kappa shape index (κ3) is 2.83. The number of nitrogens with zero attached hydrogens (tertiary/aromatic N) is 3. The average molecular weight is 272 g/mol. The summed E-state index contributed by atoms with van der Waals surface area (Å²) in [5.41, 5.74) is 2.31. The van der Waals surface area contributed by atoms with Crippen LogP contribution in [0.3, 0.4) is 0 Å². The Labute approximate surface area is 116 Å². The van der Waals surface area contributed by atoms with Gasteiger partial charge in [-0.1, -0.05) is 0 Å². The van der Waals surface area contributed by atoms with Crippen molar-refractivity contribution in [2.75, 3.05) is 6.54 Å². The van der Waals surface area contributed by atoms with Gasteiger partial charge in [-0.3, -0.25) is 9.67 Å². The van der Waals surface area contributed by atoms with Crippen LogP contribution in [0.15, 0.2) is 42.2 Å². The lowest BCUT2D eigenvalue weighted by atomic mass is 10.1. The quantitative estimate of drug-likeness (QED) is 0.776. The molecular weight excluding hydrogens is 256 g/mol. The van der Waals surface area contributed by atoms with Gasteiger partial charge in [0.15, 0.2) is 0 Å². The minimum Gasteiger partial charge on any atom is -0.308 e. The zero-order valence-corrected chi connectivity index (χ0v) is 11.6. The van der Waals surface area contributed by atoms with Crippen molar-refractivity contribution < 1.29 is 0 Å². The van der Waals surface area contributed by atoms with Gasteiger partial charge in [-0.15, -0.1) is 11.3 Å². The fourth-order valence-electron chi connectivity index (χ4n) is 2.04. The summed E-state index contributed by atoms with van der Waals surface area (Å²) in [5, 5.41) is 9.76. The molecular formula is C14H16N4S. The molecule has 0 aliphatic rings. The van der Waals surface area contributed by atoms with Gasteiger partial charge in [0, 0.05) is 31.2 Å². The van der Waals surface area contributed by atoms with Crippen LogP contribution in [0.25, 0.3) is 10.2 Å². The van der Waals surface area contributed by atoms with Crippen LogP contribution in [0.2, 0.25) is 0 Å². The molecule has 0 amide bonds. The summed E-state index contributed by atoms with van der Waals surface area (Å²) in [6.07, 6.45) is 5.74. The number of aromatic nitrogens is 3. The molecule has 0 fully saturated rings. The maximum absolute atomic E-state index is 4.47. The first kappa shape index (κ1) is 12.3. The third-order valence-corrected chi connectivity index (χ3v) is 4.03. The number of fused-ring (bicyclic) bond motifs is 1. The van der Waals surface area contributed by atoms with Gasteiger partial charge in [-0.2, -0.15) is 5.10 Å². The van der Waals surface area contributed by atoms with E-state index >= 15 is 0 Å². The Balaban J connectivity index is 1.61. The van der Waals surface area contributed by atoms with Crippen LogP contribution in [0.5, 0.6) is 0 Å². The second-order valence-corrected chi connectivity index (χ2v) is 5.47. The van der Waals surface area contributed by atoms with Crippen LogP contribution < -0.4 is 5.32 Å². The summed E-state index contributed by atoms with van der Waals surface area (Å²) in [5.74, 6) is 0. The SMILES string of the molecule is CC(NCCn1cccn1)c1cnc2ccsc2c1. The second-order valence-electron chi connectivity index (χ2n) is 4.52. The van der Waals surface area contributed by atoms with Gasteiger partial charge in [0.05, 0.1) is 16.8 Å². The van der Waals surface area contributed by atoms with E-state index in [-0.39, 0.29) is 0 Å². The zero-order chi connectivity index (χ0) is 13.1. The highest BCUT2D eigenvalue weighted by atomic mass is 32.1. The maximum Gasteiger partial charge on any atom is 0.0809 e. The first-order valence-corrected chi connectivity index (χ1v) is 7.25. The lowest BCUT2D eigenvalue weighted by molar-refractivity contribution is 0.507. The van der Waals surface area contributed by atoms with E-state index in [0.717, 1.165) is 18.6 Å². The van der Waals surface area contributed by atoms with E-state index in [1.807, 2.05) is 23.1 Å². The van der Waals surface area contributed by atoms with E-state index in [9.17, 15) is 0 Å². The Morgan fingerprint density at radius 3 is 3.26 bits per heavy atom. The Bertz CT molecular complexity index is 644. The van der Waals surface area contributed by atoms with Crippen molar-refractivity contribution in [1.82, 2.24) is 20.1 Å². The first-order valence-electron chi connectivity index (χ1n) is 6.37. The molecule has 0 radical (unpaired) electrons. The van der Waals surface area contributed by atoms with Gasteiger partial charge < -0.3 is 5.32 Å². The molecule has 3 aromatic rings. The van der Waals surface area contributed by atoms with Gasteiger partial charge >= 0.3 is 0 Å². The first-order chi connectivity index (χ1) is 9.33. The van der Waals surface area contributed by atoms with Gasteiger partial charge in [-0.25, -0.2) is 0 Å². The third-order valence-electron chi connectivity index (χ3n) is 3.17. The summed E-state index contributed by atoms with van der Waals surface area (Å²) in [6, 6.07) is 6.52. The van der Waals surface area contributed by atoms with Crippen molar-refractivity contribution in [3.63, 3.8) is 0 Å². The molecule has 3 aromatic heterocycles. The fraction of sp³-hybridized carbons (Fsp3) is 0.286. The van der Waals surface area contributed by atoms with E-state index in [4.69, 9.17) is 0 Å². The molecule has 3 heterocycles. The summed E-state index contributed by atoms with van der Waals surface area (Å²) in [4.78, 5) is 4.47. The van der Waals surface area contributed by atoms with Gasteiger partial charge in [0.25, 0.3) is 0 Å². The molecule has 3 rings (SSSR count). The molecule has 98 valence electrons. The van der Waals surface area contributed by atoms with Gasteiger partial charge in [0.2, 0.25) is 0 Å². The summed E-state index contributed by atoms with van der Waals surface area (Å²) >= 11 is 1.74. The average Bonchev–Trinajstić information content (AvgIpc) is 3.08. The van der Waals surface area contributed by atoms with E-state index in [1.165, 1.54) is 10.3 Å². The normalized spacial score (nSPS) is 12.9. The molecule has 1 unspecified atom stereocenters. The van der Waals surface area contributed by atoms with Crippen molar-refractivity contribution in [3.8, 4) is 0 Å². The number of thiophene rings is 1. The van der Waals surface area contributed by atoms with Crippen LogP contribution in [-0.2, 0) is 6.54 Å². The lowest BCUT2D eigenvalue weighted by Gasteiger charge is -2.14. The molecule has 5 heteroatoms. The Kier molecular flexibility index (Phi) is 3.57. The summed E-state index contributed by atoms with van der Waals surface area (Å²) in [6.45, 7) is 3.94. The Morgan fingerprint density at radius 2 is 2.42 bits per heavy atom. The maximum atomic E-state index is 4.47. The molecule has 0 bridgehead atoms. The Hall–Kier alpha value is -1.72. The van der Waals surface area contributed by atoms with Crippen molar-refractivity contribution >= 4 is 21.6 Å². The van der Waals surface area contributed by atoms with Crippen molar-refractivity contribution in [2.45, 2.75) is 19.5 Å². The summed E-state index contributed by atoms with van der Waals surface area (Å²) in [7, 11) is 0. The summed E-state index contributed by atoms with van der Waals surface area (Å²) < 4.78 is 3.18. The highest BCUT2D eigenvalue weighted by Gasteiger charge is 2.06. The molecule has 4 nitrogen and oxygen atoms in total. The van der Waals surface area contributed by atoms with Crippen LogP contribution in [0.1, 0.15) is 18.5 Å². The minimum atomic E-state index is 0.301. The molecule has 0 aliphatic carbocycles. The van der Waals surface area contributed by atoms with Crippen LogP contribution in [0.4, 0.5) is 0 Å².